The van der Waals surface area contributed by atoms with E-state index in [9.17, 15) is 17.6 Å². The molecule has 0 unspecified atom stereocenters. The minimum absolute atomic E-state index is 0.111. The molecule has 0 aliphatic carbocycles. The molecule has 2 heterocycles. The lowest BCUT2D eigenvalue weighted by Gasteiger charge is -2.23. The summed E-state index contributed by atoms with van der Waals surface area (Å²) in [6.07, 6.45) is 2.48. The van der Waals surface area contributed by atoms with Crippen LogP contribution in [0.2, 0.25) is 5.02 Å². The Morgan fingerprint density at radius 2 is 1.62 bits per heavy atom. The molecule has 0 saturated carbocycles. The van der Waals surface area contributed by atoms with Crippen molar-refractivity contribution < 1.29 is 17.6 Å². The van der Waals surface area contributed by atoms with Crippen LogP contribution >= 0.6 is 11.6 Å². The van der Waals surface area contributed by atoms with E-state index in [0.29, 0.717) is 39.3 Å². The molecule has 2 saturated heterocycles. The minimum Gasteiger partial charge on any atom is -0.337 e. The molecule has 0 N–H and O–H groups in total. The summed E-state index contributed by atoms with van der Waals surface area (Å²) in [6.45, 7) is 4.27. The maximum atomic E-state index is 13.2. The first-order valence-electron chi connectivity index (χ1n) is 10.9. The van der Waals surface area contributed by atoms with Crippen LogP contribution in [0.3, 0.4) is 0 Å². The van der Waals surface area contributed by atoms with Crippen LogP contribution in [0, 0.1) is 5.82 Å². The van der Waals surface area contributed by atoms with Gasteiger partial charge in [0.2, 0.25) is 10.0 Å². The Morgan fingerprint density at radius 1 is 0.906 bits per heavy atom. The smallest absolute Gasteiger partial charge is 0.255 e. The summed E-state index contributed by atoms with van der Waals surface area (Å²) in [5.74, 6) is -0.510. The maximum absolute atomic E-state index is 13.2. The van der Waals surface area contributed by atoms with Gasteiger partial charge in [0.25, 0.3) is 5.91 Å². The van der Waals surface area contributed by atoms with Gasteiger partial charge in [-0.1, -0.05) is 23.7 Å². The second-order valence-corrected chi connectivity index (χ2v) is 10.6. The van der Waals surface area contributed by atoms with Gasteiger partial charge >= 0.3 is 0 Å². The van der Waals surface area contributed by atoms with Crippen molar-refractivity contribution in [1.82, 2.24) is 14.1 Å². The lowest BCUT2D eigenvalue weighted by Crippen LogP contribution is -2.35. The van der Waals surface area contributed by atoms with Gasteiger partial charge in [0, 0.05) is 45.8 Å². The average Bonchev–Trinajstić information content (AvgIpc) is 3.23. The van der Waals surface area contributed by atoms with Crippen molar-refractivity contribution in [2.45, 2.75) is 30.7 Å². The molecule has 0 aromatic heterocycles. The van der Waals surface area contributed by atoms with Gasteiger partial charge in [-0.3, -0.25) is 9.69 Å². The van der Waals surface area contributed by atoms with Crippen molar-refractivity contribution in [2.24, 2.45) is 0 Å². The van der Waals surface area contributed by atoms with Crippen LogP contribution in [0.15, 0.2) is 47.4 Å². The first-order chi connectivity index (χ1) is 15.3. The Balaban J connectivity index is 1.46. The van der Waals surface area contributed by atoms with Crippen LogP contribution in [0.25, 0.3) is 0 Å². The zero-order valence-corrected chi connectivity index (χ0v) is 19.4. The van der Waals surface area contributed by atoms with E-state index in [-0.39, 0.29) is 27.2 Å². The summed E-state index contributed by atoms with van der Waals surface area (Å²) >= 11 is 6.31. The van der Waals surface area contributed by atoms with Crippen molar-refractivity contribution in [3.8, 4) is 0 Å². The van der Waals surface area contributed by atoms with E-state index in [4.69, 9.17) is 11.6 Å². The van der Waals surface area contributed by atoms with Gasteiger partial charge in [-0.2, -0.15) is 4.31 Å². The number of carbonyl (C=O) groups is 1. The number of sulfonamides is 1. The number of rotatable bonds is 5. The molecule has 2 aliphatic heterocycles. The molecule has 2 aliphatic rings. The average molecular weight is 480 g/mol. The third-order valence-electron chi connectivity index (χ3n) is 6.07. The summed E-state index contributed by atoms with van der Waals surface area (Å²) in [4.78, 5) is 17.3. The van der Waals surface area contributed by atoms with Gasteiger partial charge in [0.05, 0.1) is 15.5 Å². The van der Waals surface area contributed by atoms with E-state index in [1.54, 1.807) is 17.0 Å². The molecule has 1 amide bonds. The Labute approximate surface area is 193 Å². The molecule has 0 radical (unpaired) electrons. The molecule has 2 aromatic rings. The number of amides is 1. The van der Waals surface area contributed by atoms with Gasteiger partial charge in [0.1, 0.15) is 5.82 Å². The van der Waals surface area contributed by atoms with Gasteiger partial charge in [-0.15, -0.1) is 0 Å². The molecule has 2 aromatic carbocycles. The molecule has 2 fully saturated rings. The third kappa shape index (κ3) is 5.14. The molecule has 6 nitrogen and oxygen atoms in total. The highest BCUT2D eigenvalue weighted by atomic mass is 35.5. The van der Waals surface area contributed by atoms with Crippen LogP contribution in [-0.4, -0.2) is 67.7 Å². The van der Waals surface area contributed by atoms with Crippen LogP contribution in [-0.2, 0) is 16.6 Å². The summed E-state index contributed by atoms with van der Waals surface area (Å²) in [7, 11) is -3.63. The van der Waals surface area contributed by atoms with E-state index in [1.165, 1.54) is 34.6 Å². The molecule has 9 heteroatoms. The Morgan fingerprint density at radius 3 is 2.34 bits per heavy atom. The molecular weight excluding hydrogens is 453 g/mol. The lowest BCUT2D eigenvalue weighted by atomic mass is 10.2. The van der Waals surface area contributed by atoms with Gasteiger partial charge in [-0.25, -0.2) is 12.8 Å². The second kappa shape index (κ2) is 9.87. The third-order valence-corrected chi connectivity index (χ3v) is 8.29. The number of hydrogen-bond donors (Lipinski definition) is 0. The highest BCUT2D eigenvalue weighted by Gasteiger charge is 2.29. The predicted molar refractivity (Wildman–Crippen MR) is 122 cm³/mol. The van der Waals surface area contributed by atoms with Crippen molar-refractivity contribution >= 4 is 27.5 Å². The molecule has 172 valence electrons. The molecule has 4 rings (SSSR count). The molecule has 0 spiro atoms. The molecule has 32 heavy (non-hydrogen) atoms. The fourth-order valence-corrected chi connectivity index (χ4v) is 6.00. The maximum Gasteiger partial charge on any atom is 0.255 e. The normalized spacial score (nSPS) is 18.6. The van der Waals surface area contributed by atoms with E-state index < -0.39 is 10.0 Å². The van der Waals surface area contributed by atoms with E-state index >= 15 is 0 Å². The highest BCUT2D eigenvalue weighted by molar-refractivity contribution is 7.89. The van der Waals surface area contributed by atoms with Gasteiger partial charge in [-0.05, 0) is 55.2 Å². The van der Waals surface area contributed by atoms with E-state index in [2.05, 4.69) is 4.90 Å². The molecular formula is C23H27ClFN3O3S. The van der Waals surface area contributed by atoms with Crippen LogP contribution < -0.4 is 0 Å². The summed E-state index contributed by atoms with van der Waals surface area (Å²) < 4.78 is 40.4. The van der Waals surface area contributed by atoms with Crippen molar-refractivity contribution in [3.05, 3.63) is 64.4 Å². The quantitative estimate of drug-likeness (QED) is 0.657. The van der Waals surface area contributed by atoms with Gasteiger partial charge in [0.15, 0.2) is 0 Å². The zero-order chi connectivity index (χ0) is 22.7. The first-order valence-corrected chi connectivity index (χ1v) is 12.7. The predicted octanol–water partition coefficient (Wildman–Crippen LogP) is 3.61. The van der Waals surface area contributed by atoms with Crippen molar-refractivity contribution in [2.75, 3.05) is 39.3 Å². The lowest BCUT2D eigenvalue weighted by molar-refractivity contribution is 0.0761. The largest absolute Gasteiger partial charge is 0.337 e. The number of benzene rings is 2. The number of nitrogens with zero attached hydrogens (tertiary/aromatic N) is 3. The fraction of sp³-hybridized carbons (Fsp3) is 0.435. The van der Waals surface area contributed by atoms with E-state index in [0.717, 1.165) is 31.4 Å². The van der Waals surface area contributed by atoms with Crippen LogP contribution in [0.5, 0.6) is 0 Å². The van der Waals surface area contributed by atoms with Crippen molar-refractivity contribution in [3.63, 3.8) is 0 Å². The minimum atomic E-state index is -3.63. The first kappa shape index (κ1) is 23.2. The zero-order valence-electron chi connectivity index (χ0n) is 17.8. The molecule has 0 bridgehead atoms. The highest BCUT2D eigenvalue weighted by Crippen LogP contribution is 2.26. The topological polar surface area (TPSA) is 60.9 Å². The monoisotopic (exact) mass is 479 g/mol. The van der Waals surface area contributed by atoms with Crippen molar-refractivity contribution in [1.29, 1.82) is 0 Å². The number of halogens is 2. The SMILES string of the molecule is O=C(c1cc(S(=O)(=O)N2CCCC2)ccc1Cl)N1CCCN(Cc2ccc(F)cc2)CC1. The number of hydrogen-bond acceptors (Lipinski definition) is 4. The molecule has 0 atom stereocenters. The standard InChI is InChI=1S/C23H27ClFN3O3S/c24-22-9-8-20(32(30,31)28-12-1-2-13-28)16-21(22)23(29)27-11-3-10-26(14-15-27)17-18-4-6-19(25)7-5-18/h4-9,16H,1-3,10-15,17H2. The Bertz CT molecular complexity index is 1070. The van der Waals surface area contributed by atoms with Gasteiger partial charge < -0.3 is 4.90 Å². The van der Waals surface area contributed by atoms with Crippen LogP contribution in [0.4, 0.5) is 4.39 Å². The summed E-state index contributed by atoms with van der Waals surface area (Å²) in [5, 5.41) is 0.253. The number of carbonyl (C=O) groups excluding carboxylic acids is 1. The Kier molecular flexibility index (Phi) is 7.14. The van der Waals surface area contributed by atoms with E-state index in [1.807, 2.05) is 0 Å². The summed E-state index contributed by atoms with van der Waals surface area (Å²) in [6, 6.07) is 10.8. The van der Waals surface area contributed by atoms with Crippen LogP contribution in [0.1, 0.15) is 35.2 Å². The summed E-state index contributed by atoms with van der Waals surface area (Å²) in [5.41, 5.74) is 1.24. The second-order valence-electron chi connectivity index (χ2n) is 8.30. The Hall–Kier alpha value is -2.00. The fourth-order valence-electron chi connectivity index (χ4n) is 4.26.